The Morgan fingerprint density at radius 2 is 1.64 bits per heavy atom. The maximum atomic E-state index is 13.7. The van der Waals surface area contributed by atoms with Crippen LogP contribution in [0.5, 0.6) is 0 Å². The first-order valence-electron chi connectivity index (χ1n) is 8.29. The lowest BCUT2D eigenvalue weighted by Gasteiger charge is -2.21. The smallest absolute Gasteiger partial charge is 0.239 e. The van der Waals surface area contributed by atoms with E-state index in [2.05, 4.69) is 0 Å². The molecule has 0 aliphatic heterocycles. The topological polar surface area (TPSA) is 66.5 Å². The summed E-state index contributed by atoms with van der Waals surface area (Å²) in [6.45, 7) is 1.07. The van der Waals surface area contributed by atoms with Crippen LogP contribution in [0.15, 0.2) is 36.4 Å². The Kier molecular flexibility index (Phi) is 7.14. The lowest BCUT2D eigenvalue weighted by atomic mass is 10.2. The summed E-state index contributed by atoms with van der Waals surface area (Å²) >= 11 is 0. The number of hydrogen-bond acceptors (Lipinski definition) is 3. The zero-order valence-electron chi connectivity index (χ0n) is 14.9. The molecule has 0 spiro atoms. The Balaban J connectivity index is 2.13. The van der Waals surface area contributed by atoms with Gasteiger partial charge in [-0.05, 0) is 36.2 Å². The molecule has 2 aromatic carbocycles. The van der Waals surface area contributed by atoms with Crippen molar-refractivity contribution in [2.75, 3.05) is 18.4 Å². The first-order valence-corrected chi connectivity index (χ1v) is 9.90. The van der Waals surface area contributed by atoms with Crippen LogP contribution in [-0.2, 0) is 20.6 Å². The number of benzene rings is 2. The van der Waals surface area contributed by atoms with Crippen LogP contribution in [0.4, 0.5) is 23.2 Å². The molecule has 0 fully saturated rings. The van der Waals surface area contributed by atoms with E-state index in [-0.39, 0.29) is 6.54 Å². The summed E-state index contributed by atoms with van der Waals surface area (Å²) in [4.78, 5) is 12.1. The summed E-state index contributed by atoms with van der Waals surface area (Å²) in [6.07, 6.45) is 0.398. The maximum absolute atomic E-state index is 13.7. The van der Waals surface area contributed by atoms with Gasteiger partial charge in [-0.15, -0.1) is 0 Å². The number of carbonyl (C=O) groups is 1. The fourth-order valence-corrected chi connectivity index (χ4v) is 3.99. The van der Waals surface area contributed by atoms with Crippen molar-refractivity contribution in [3.05, 3.63) is 65.2 Å². The lowest BCUT2D eigenvalue weighted by Crippen LogP contribution is -2.39. The highest BCUT2D eigenvalue weighted by atomic mass is 32.2. The summed E-state index contributed by atoms with van der Waals surface area (Å²) in [5.41, 5.74) is -0.272. The van der Waals surface area contributed by atoms with Gasteiger partial charge in [0.05, 0.1) is 18.0 Å². The van der Waals surface area contributed by atoms with Crippen molar-refractivity contribution in [2.45, 2.75) is 19.1 Å². The third kappa shape index (κ3) is 5.52. The molecule has 28 heavy (non-hydrogen) atoms. The molecule has 0 saturated carbocycles. The number of nitrogens with zero attached hydrogens (tertiary/aromatic N) is 1. The molecule has 2 aromatic rings. The van der Waals surface area contributed by atoms with Crippen LogP contribution in [0.1, 0.15) is 18.9 Å². The van der Waals surface area contributed by atoms with E-state index in [4.69, 9.17) is 0 Å². The van der Waals surface area contributed by atoms with Gasteiger partial charge in [0.15, 0.2) is 17.5 Å². The van der Waals surface area contributed by atoms with Crippen LogP contribution < -0.4 is 5.32 Å². The number of carbonyl (C=O) groups excluding carboxylic acids is 1. The Labute approximate surface area is 160 Å². The molecule has 2 rings (SSSR count). The van der Waals surface area contributed by atoms with Crippen molar-refractivity contribution in [2.24, 2.45) is 0 Å². The van der Waals surface area contributed by atoms with Gasteiger partial charge < -0.3 is 5.32 Å². The van der Waals surface area contributed by atoms with E-state index in [1.54, 1.807) is 6.92 Å². The summed E-state index contributed by atoms with van der Waals surface area (Å²) in [7, 11) is -3.94. The van der Waals surface area contributed by atoms with Gasteiger partial charge in [0.2, 0.25) is 15.9 Å². The lowest BCUT2D eigenvalue weighted by molar-refractivity contribution is -0.116. The second-order valence-electron chi connectivity index (χ2n) is 5.99. The number of amides is 1. The van der Waals surface area contributed by atoms with E-state index in [0.29, 0.717) is 18.1 Å². The van der Waals surface area contributed by atoms with Crippen LogP contribution in [0, 0.1) is 23.3 Å². The van der Waals surface area contributed by atoms with Gasteiger partial charge in [-0.25, -0.2) is 26.0 Å². The fourth-order valence-electron chi connectivity index (χ4n) is 2.42. The molecular weight excluding hydrogens is 400 g/mol. The predicted octanol–water partition coefficient (Wildman–Crippen LogP) is 3.42. The molecule has 0 aliphatic rings. The summed E-state index contributed by atoms with van der Waals surface area (Å²) < 4.78 is 78.9. The number of anilines is 1. The molecule has 0 radical (unpaired) electrons. The van der Waals surface area contributed by atoms with Gasteiger partial charge in [-0.2, -0.15) is 4.31 Å². The van der Waals surface area contributed by atoms with Crippen molar-refractivity contribution >= 4 is 21.6 Å². The van der Waals surface area contributed by atoms with Gasteiger partial charge in [0, 0.05) is 6.54 Å². The number of sulfonamides is 1. The van der Waals surface area contributed by atoms with E-state index < -0.39 is 57.2 Å². The fraction of sp³-hybridized carbons (Fsp3) is 0.278. The summed E-state index contributed by atoms with van der Waals surface area (Å²) in [5.74, 6) is -6.62. The normalized spacial score (nSPS) is 11.6. The molecule has 0 aromatic heterocycles. The first-order chi connectivity index (χ1) is 13.1. The van der Waals surface area contributed by atoms with Crippen LogP contribution >= 0.6 is 0 Å². The standard InChI is InChI=1S/C18H18F4N2O3S/c1-2-9-24(28(26,27)11-12-3-5-13(19)6-4-12)10-16(25)23-15-8-7-14(20)17(21)18(15)22/h3-8H,2,9-11H2,1H3,(H,23,25). The average Bonchev–Trinajstić information content (AvgIpc) is 2.63. The van der Waals surface area contributed by atoms with Crippen molar-refractivity contribution in [3.8, 4) is 0 Å². The molecule has 0 unspecified atom stereocenters. The first kappa shape index (κ1) is 21.8. The molecule has 5 nitrogen and oxygen atoms in total. The van der Waals surface area contributed by atoms with Crippen LogP contribution in [0.25, 0.3) is 0 Å². The SMILES string of the molecule is CCCN(CC(=O)Nc1ccc(F)c(F)c1F)S(=O)(=O)Cc1ccc(F)cc1. The van der Waals surface area contributed by atoms with E-state index in [1.165, 1.54) is 12.1 Å². The van der Waals surface area contributed by atoms with E-state index in [1.807, 2.05) is 5.32 Å². The van der Waals surface area contributed by atoms with Crippen molar-refractivity contribution in [1.29, 1.82) is 0 Å². The summed E-state index contributed by atoms with van der Waals surface area (Å²) in [6, 6.07) is 6.34. The molecule has 1 amide bonds. The minimum Gasteiger partial charge on any atom is -0.322 e. The summed E-state index contributed by atoms with van der Waals surface area (Å²) in [5, 5.41) is 2.03. The third-order valence-corrected chi connectivity index (χ3v) is 5.55. The highest BCUT2D eigenvalue weighted by molar-refractivity contribution is 7.88. The largest absolute Gasteiger partial charge is 0.322 e. The Hall–Kier alpha value is -2.46. The second kappa shape index (κ2) is 9.16. The molecule has 10 heteroatoms. The monoisotopic (exact) mass is 418 g/mol. The van der Waals surface area contributed by atoms with Crippen molar-refractivity contribution in [1.82, 2.24) is 4.31 Å². The predicted molar refractivity (Wildman–Crippen MR) is 95.8 cm³/mol. The molecule has 0 saturated heterocycles. The molecular formula is C18H18F4N2O3S. The van der Waals surface area contributed by atoms with Crippen LogP contribution in [0.2, 0.25) is 0 Å². The van der Waals surface area contributed by atoms with Gasteiger partial charge in [-0.3, -0.25) is 4.79 Å². The molecule has 1 N–H and O–H groups in total. The van der Waals surface area contributed by atoms with Gasteiger partial charge in [0.1, 0.15) is 5.82 Å². The third-order valence-electron chi connectivity index (χ3n) is 3.76. The minimum atomic E-state index is -3.94. The van der Waals surface area contributed by atoms with Crippen molar-refractivity contribution < 1.29 is 30.8 Å². The van der Waals surface area contributed by atoms with Gasteiger partial charge in [-0.1, -0.05) is 19.1 Å². The van der Waals surface area contributed by atoms with E-state index in [0.717, 1.165) is 22.5 Å². The van der Waals surface area contributed by atoms with Crippen molar-refractivity contribution in [3.63, 3.8) is 0 Å². The Morgan fingerprint density at radius 1 is 1.00 bits per heavy atom. The number of hydrogen-bond donors (Lipinski definition) is 1. The molecule has 0 bridgehead atoms. The molecule has 0 atom stereocenters. The average molecular weight is 418 g/mol. The van der Waals surface area contributed by atoms with E-state index >= 15 is 0 Å². The van der Waals surface area contributed by atoms with Gasteiger partial charge in [0.25, 0.3) is 0 Å². The Bertz CT molecular complexity index is 950. The quantitative estimate of drug-likeness (QED) is 0.528. The Morgan fingerprint density at radius 3 is 2.25 bits per heavy atom. The van der Waals surface area contributed by atoms with Crippen LogP contribution in [-0.4, -0.2) is 31.7 Å². The van der Waals surface area contributed by atoms with Crippen LogP contribution in [0.3, 0.4) is 0 Å². The van der Waals surface area contributed by atoms with E-state index in [9.17, 15) is 30.8 Å². The zero-order valence-corrected chi connectivity index (χ0v) is 15.7. The number of nitrogens with one attached hydrogen (secondary N) is 1. The molecule has 0 aliphatic carbocycles. The molecule has 0 heterocycles. The highest BCUT2D eigenvalue weighted by Crippen LogP contribution is 2.20. The zero-order chi connectivity index (χ0) is 20.9. The van der Waals surface area contributed by atoms with Gasteiger partial charge >= 0.3 is 0 Å². The molecule has 152 valence electrons. The number of halogens is 4. The second-order valence-corrected chi connectivity index (χ2v) is 7.96. The number of rotatable bonds is 8. The minimum absolute atomic E-state index is 0.0111. The maximum Gasteiger partial charge on any atom is 0.239 e. The highest BCUT2D eigenvalue weighted by Gasteiger charge is 2.25.